The minimum atomic E-state index is -0.186. The second-order valence-corrected chi connectivity index (χ2v) is 5.96. The second kappa shape index (κ2) is 6.20. The van der Waals surface area contributed by atoms with Gasteiger partial charge in [0.15, 0.2) is 0 Å². The van der Waals surface area contributed by atoms with E-state index in [1.165, 1.54) is 0 Å². The number of piperidine rings is 1. The van der Waals surface area contributed by atoms with Gasteiger partial charge in [-0.2, -0.15) is 0 Å². The van der Waals surface area contributed by atoms with E-state index in [-0.39, 0.29) is 18.1 Å². The van der Waals surface area contributed by atoms with Crippen molar-refractivity contribution in [1.29, 1.82) is 0 Å². The van der Waals surface area contributed by atoms with Gasteiger partial charge in [0.25, 0.3) is 0 Å². The first-order valence-electron chi connectivity index (χ1n) is 7.32. The average molecular weight is 269 g/mol. The standard InChI is InChI=1S/C14H27N3O2/c1-10-9-12(5-7-16(10)3)17(4)14(18)13-11(2)19-8-6-15-13/h10-13,15H,5-9H2,1-4H3/t10?,11-,12?,13+/m1/s1. The highest BCUT2D eigenvalue weighted by Gasteiger charge is 2.35. The SMILES string of the molecule is CC1CC(N(C)C(=O)[C@H]2NCCO[C@@H]2C)CCN1C. The summed E-state index contributed by atoms with van der Waals surface area (Å²) in [6.07, 6.45) is 2.08. The molecule has 0 aliphatic carbocycles. The lowest BCUT2D eigenvalue weighted by molar-refractivity contribution is -0.141. The molecule has 0 spiro atoms. The van der Waals surface area contributed by atoms with Gasteiger partial charge in [-0.1, -0.05) is 0 Å². The molecule has 2 heterocycles. The van der Waals surface area contributed by atoms with Crippen molar-refractivity contribution < 1.29 is 9.53 Å². The minimum absolute atomic E-state index is 0.0348. The van der Waals surface area contributed by atoms with Gasteiger partial charge < -0.3 is 19.9 Å². The molecule has 0 bridgehead atoms. The molecular weight excluding hydrogens is 242 g/mol. The van der Waals surface area contributed by atoms with Crippen LogP contribution in [-0.4, -0.2) is 73.7 Å². The summed E-state index contributed by atoms with van der Waals surface area (Å²) in [4.78, 5) is 16.9. The van der Waals surface area contributed by atoms with Crippen LogP contribution in [0.4, 0.5) is 0 Å². The van der Waals surface area contributed by atoms with Gasteiger partial charge in [-0.25, -0.2) is 0 Å². The third kappa shape index (κ3) is 3.27. The molecule has 0 radical (unpaired) electrons. The molecule has 0 aromatic rings. The van der Waals surface area contributed by atoms with Gasteiger partial charge in [-0.05, 0) is 33.7 Å². The van der Waals surface area contributed by atoms with E-state index in [2.05, 4.69) is 24.2 Å². The largest absolute Gasteiger partial charge is 0.375 e. The van der Waals surface area contributed by atoms with Crippen molar-refractivity contribution in [2.75, 3.05) is 33.8 Å². The molecule has 2 aliphatic heterocycles. The molecule has 2 rings (SSSR count). The van der Waals surface area contributed by atoms with Crippen molar-refractivity contribution in [1.82, 2.24) is 15.1 Å². The van der Waals surface area contributed by atoms with Crippen molar-refractivity contribution in [2.45, 2.75) is 50.9 Å². The van der Waals surface area contributed by atoms with Crippen LogP contribution in [0.1, 0.15) is 26.7 Å². The van der Waals surface area contributed by atoms with Crippen LogP contribution in [0.25, 0.3) is 0 Å². The van der Waals surface area contributed by atoms with Crippen molar-refractivity contribution >= 4 is 5.91 Å². The van der Waals surface area contributed by atoms with Gasteiger partial charge >= 0.3 is 0 Å². The molecule has 1 amide bonds. The van der Waals surface area contributed by atoms with Crippen LogP contribution in [0, 0.1) is 0 Å². The van der Waals surface area contributed by atoms with E-state index < -0.39 is 0 Å². The van der Waals surface area contributed by atoms with E-state index in [0.29, 0.717) is 18.7 Å². The molecule has 0 aromatic carbocycles. The van der Waals surface area contributed by atoms with E-state index >= 15 is 0 Å². The first-order valence-corrected chi connectivity index (χ1v) is 7.32. The van der Waals surface area contributed by atoms with Gasteiger partial charge in [0.1, 0.15) is 6.04 Å². The fraction of sp³-hybridized carbons (Fsp3) is 0.929. The first-order chi connectivity index (χ1) is 9.00. The zero-order chi connectivity index (χ0) is 14.0. The Morgan fingerprint density at radius 2 is 2.16 bits per heavy atom. The van der Waals surface area contributed by atoms with Crippen LogP contribution in [0.3, 0.4) is 0 Å². The Morgan fingerprint density at radius 3 is 2.79 bits per heavy atom. The molecule has 5 heteroatoms. The minimum Gasteiger partial charge on any atom is -0.375 e. The molecule has 2 unspecified atom stereocenters. The summed E-state index contributed by atoms with van der Waals surface area (Å²) in [6.45, 7) is 6.72. The van der Waals surface area contributed by atoms with Crippen LogP contribution in [-0.2, 0) is 9.53 Å². The number of carbonyl (C=O) groups excluding carboxylic acids is 1. The first kappa shape index (κ1) is 14.8. The molecule has 2 saturated heterocycles. The monoisotopic (exact) mass is 269 g/mol. The predicted molar refractivity (Wildman–Crippen MR) is 75.1 cm³/mol. The number of carbonyl (C=O) groups is 1. The number of nitrogens with zero attached hydrogens (tertiary/aromatic N) is 2. The third-order valence-electron chi connectivity index (χ3n) is 4.66. The van der Waals surface area contributed by atoms with Gasteiger partial charge in [0.2, 0.25) is 5.91 Å². The number of morpholine rings is 1. The van der Waals surface area contributed by atoms with Crippen molar-refractivity contribution in [3.05, 3.63) is 0 Å². The maximum atomic E-state index is 12.6. The molecule has 1 N–H and O–H groups in total. The molecule has 110 valence electrons. The Balaban J connectivity index is 1.95. The fourth-order valence-electron chi connectivity index (χ4n) is 3.03. The number of amides is 1. The quantitative estimate of drug-likeness (QED) is 0.783. The zero-order valence-corrected chi connectivity index (χ0v) is 12.6. The molecule has 19 heavy (non-hydrogen) atoms. The summed E-state index contributed by atoms with van der Waals surface area (Å²) >= 11 is 0. The van der Waals surface area contributed by atoms with Gasteiger partial charge in [-0.15, -0.1) is 0 Å². The number of ether oxygens (including phenoxy) is 1. The van der Waals surface area contributed by atoms with Crippen LogP contribution in [0.5, 0.6) is 0 Å². The van der Waals surface area contributed by atoms with Gasteiger partial charge in [0.05, 0.1) is 12.7 Å². The highest BCUT2D eigenvalue weighted by atomic mass is 16.5. The lowest BCUT2D eigenvalue weighted by Crippen LogP contribution is -2.58. The average Bonchev–Trinajstić information content (AvgIpc) is 2.41. The topological polar surface area (TPSA) is 44.8 Å². The maximum absolute atomic E-state index is 12.6. The van der Waals surface area contributed by atoms with Crippen molar-refractivity contribution in [3.8, 4) is 0 Å². The van der Waals surface area contributed by atoms with Crippen LogP contribution in [0.2, 0.25) is 0 Å². The number of likely N-dealkylation sites (N-methyl/N-ethyl adjacent to an activating group) is 1. The molecular formula is C14H27N3O2. The molecule has 4 atom stereocenters. The summed E-state index contributed by atoms with van der Waals surface area (Å²) in [6, 6.07) is 0.713. The number of nitrogens with one attached hydrogen (secondary N) is 1. The predicted octanol–water partition coefficient (Wildman–Crippen LogP) is 0.304. The van der Waals surface area contributed by atoms with Crippen LogP contribution < -0.4 is 5.32 Å². The molecule has 2 aliphatic rings. The van der Waals surface area contributed by atoms with Crippen LogP contribution in [0.15, 0.2) is 0 Å². The number of rotatable bonds is 2. The maximum Gasteiger partial charge on any atom is 0.242 e. The highest BCUT2D eigenvalue weighted by molar-refractivity contribution is 5.82. The summed E-state index contributed by atoms with van der Waals surface area (Å²) < 4.78 is 5.57. The van der Waals surface area contributed by atoms with Crippen LogP contribution >= 0.6 is 0 Å². The molecule has 5 nitrogen and oxygen atoms in total. The molecule has 0 aromatic heterocycles. The summed E-state index contributed by atoms with van der Waals surface area (Å²) in [5, 5.41) is 3.28. The molecule has 2 fully saturated rings. The zero-order valence-electron chi connectivity index (χ0n) is 12.6. The number of hydrogen-bond donors (Lipinski definition) is 1. The number of likely N-dealkylation sites (tertiary alicyclic amines) is 1. The summed E-state index contributed by atoms with van der Waals surface area (Å²) in [7, 11) is 4.09. The Kier molecular flexibility index (Phi) is 4.81. The van der Waals surface area contributed by atoms with E-state index in [1.54, 1.807) is 0 Å². The lowest BCUT2D eigenvalue weighted by atomic mass is 9.96. The Morgan fingerprint density at radius 1 is 1.42 bits per heavy atom. The molecule has 0 saturated carbocycles. The van der Waals surface area contributed by atoms with E-state index in [9.17, 15) is 4.79 Å². The Bertz CT molecular complexity index is 324. The van der Waals surface area contributed by atoms with Gasteiger partial charge in [0, 0.05) is 32.2 Å². The van der Waals surface area contributed by atoms with E-state index in [4.69, 9.17) is 4.74 Å². The van der Waals surface area contributed by atoms with Gasteiger partial charge in [-0.3, -0.25) is 4.79 Å². The normalized spacial score (nSPS) is 37.1. The van der Waals surface area contributed by atoms with Crippen molar-refractivity contribution in [3.63, 3.8) is 0 Å². The summed E-state index contributed by atoms with van der Waals surface area (Å²) in [5.41, 5.74) is 0. The Hall–Kier alpha value is -0.650. The second-order valence-electron chi connectivity index (χ2n) is 5.96. The van der Waals surface area contributed by atoms with E-state index in [1.807, 2.05) is 18.9 Å². The number of hydrogen-bond acceptors (Lipinski definition) is 4. The lowest BCUT2D eigenvalue weighted by Gasteiger charge is -2.41. The van der Waals surface area contributed by atoms with Crippen molar-refractivity contribution in [2.24, 2.45) is 0 Å². The summed E-state index contributed by atoms with van der Waals surface area (Å²) in [5.74, 6) is 0.175. The third-order valence-corrected chi connectivity index (χ3v) is 4.66. The van der Waals surface area contributed by atoms with E-state index in [0.717, 1.165) is 25.9 Å². The fourth-order valence-corrected chi connectivity index (χ4v) is 3.03. The Labute approximate surface area is 116 Å². The smallest absolute Gasteiger partial charge is 0.242 e. The highest BCUT2D eigenvalue weighted by Crippen LogP contribution is 2.21.